The Morgan fingerprint density at radius 1 is 1.73 bits per heavy atom. The molecule has 2 heterocycles. The van der Waals surface area contributed by atoms with Crippen molar-refractivity contribution in [2.24, 2.45) is 0 Å². The Morgan fingerprint density at radius 2 is 2.53 bits per heavy atom. The Kier molecular flexibility index (Phi) is 2.28. The zero-order chi connectivity index (χ0) is 10.8. The summed E-state index contributed by atoms with van der Waals surface area (Å²) >= 11 is 0. The van der Waals surface area contributed by atoms with E-state index in [0.717, 1.165) is 0 Å². The number of carboxylic acids is 1. The molecule has 0 saturated heterocycles. The lowest BCUT2D eigenvalue weighted by Crippen LogP contribution is -2.23. The van der Waals surface area contributed by atoms with E-state index < -0.39 is 18.5 Å². The molecular weight excluding hydrogens is 204 g/mol. The van der Waals surface area contributed by atoms with Crippen LogP contribution in [0.1, 0.15) is 10.5 Å². The molecule has 1 aliphatic heterocycles. The second-order valence-electron chi connectivity index (χ2n) is 2.91. The largest absolute Gasteiger partial charge is 0.479 e. The molecule has 2 rings (SSSR count). The predicted molar refractivity (Wildman–Crippen MR) is 45.6 cm³/mol. The number of hydrogen-bond acceptors (Lipinski definition) is 5. The Hall–Kier alpha value is -2.05. The number of carbonyl (C=O) groups excluding carboxylic acids is 1. The molecule has 0 unspecified atom stereocenters. The highest BCUT2D eigenvalue weighted by atomic mass is 16.5. The molecule has 0 fully saturated rings. The Bertz CT molecular complexity index is 411. The maximum Gasteiger partial charge on any atom is 0.356 e. The van der Waals surface area contributed by atoms with E-state index in [1.165, 1.54) is 10.7 Å². The zero-order valence-corrected chi connectivity index (χ0v) is 7.67. The van der Waals surface area contributed by atoms with Gasteiger partial charge < -0.3 is 14.6 Å². The minimum absolute atomic E-state index is 0.117. The van der Waals surface area contributed by atoms with Gasteiger partial charge in [-0.1, -0.05) is 0 Å². The van der Waals surface area contributed by atoms with Crippen molar-refractivity contribution in [1.82, 2.24) is 9.78 Å². The van der Waals surface area contributed by atoms with E-state index in [1.807, 2.05) is 0 Å². The molecule has 1 aliphatic rings. The number of esters is 1. The van der Waals surface area contributed by atoms with Gasteiger partial charge in [0.25, 0.3) is 0 Å². The van der Waals surface area contributed by atoms with E-state index in [2.05, 4.69) is 5.10 Å². The van der Waals surface area contributed by atoms with Crippen LogP contribution in [0.25, 0.3) is 0 Å². The predicted octanol–water partition coefficient (Wildman–Crippen LogP) is -0.483. The van der Waals surface area contributed by atoms with Crippen molar-refractivity contribution >= 4 is 11.9 Å². The third-order valence-electron chi connectivity index (χ3n) is 1.85. The summed E-state index contributed by atoms with van der Waals surface area (Å²) in [6.45, 7) is 0.245. The zero-order valence-electron chi connectivity index (χ0n) is 7.67. The van der Waals surface area contributed by atoms with E-state index in [0.29, 0.717) is 6.54 Å². The fraction of sp³-hybridized carbons (Fsp3) is 0.375. The number of rotatable bonds is 3. The SMILES string of the molecule is O=C(O)COc1cc2n(n1)CCOC2=O. The first-order valence-corrected chi connectivity index (χ1v) is 4.26. The number of aliphatic carboxylic acids is 1. The fourth-order valence-electron chi connectivity index (χ4n) is 1.23. The molecule has 15 heavy (non-hydrogen) atoms. The normalized spacial score (nSPS) is 14.3. The highest BCUT2D eigenvalue weighted by molar-refractivity contribution is 5.88. The molecule has 0 atom stereocenters. The summed E-state index contributed by atoms with van der Waals surface area (Å²) in [5, 5.41) is 12.3. The van der Waals surface area contributed by atoms with Crippen LogP contribution in [0.5, 0.6) is 5.88 Å². The Morgan fingerprint density at radius 3 is 3.20 bits per heavy atom. The van der Waals surface area contributed by atoms with Crippen LogP contribution in [-0.4, -0.2) is 40.0 Å². The van der Waals surface area contributed by atoms with Crippen molar-refractivity contribution in [3.63, 3.8) is 0 Å². The van der Waals surface area contributed by atoms with Gasteiger partial charge in [0.15, 0.2) is 12.3 Å². The molecule has 0 bridgehead atoms. The smallest absolute Gasteiger partial charge is 0.356 e. The van der Waals surface area contributed by atoms with Crippen LogP contribution >= 0.6 is 0 Å². The van der Waals surface area contributed by atoms with Gasteiger partial charge in [-0.2, -0.15) is 0 Å². The van der Waals surface area contributed by atoms with E-state index in [1.54, 1.807) is 0 Å². The van der Waals surface area contributed by atoms with E-state index >= 15 is 0 Å². The first-order valence-electron chi connectivity index (χ1n) is 4.26. The lowest BCUT2D eigenvalue weighted by atomic mass is 10.4. The van der Waals surface area contributed by atoms with Crippen LogP contribution in [-0.2, 0) is 16.1 Å². The number of nitrogens with zero attached hydrogens (tertiary/aromatic N) is 2. The van der Waals surface area contributed by atoms with E-state index in [4.69, 9.17) is 14.6 Å². The van der Waals surface area contributed by atoms with Crippen molar-refractivity contribution in [1.29, 1.82) is 0 Å². The van der Waals surface area contributed by atoms with Gasteiger partial charge in [-0.3, -0.25) is 4.68 Å². The average Bonchev–Trinajstić information content (AvgIpc) is 2.59. The van der Waals surface area contributed by atoms with Crippen LogP contribution in [0.15, 0.2) is 6.07 Å². The maximum absolute atomic E-state index is 11.2. The summed E-state index contributed by atoms with van der Waals surface area (Å²) in [6, 6.07) is 1.37. The molecule has 7 nitrogen and oxygen atoms in total. The Balaban J connectivity index is 2.14. The quantitative estimate of drug-likeness (QED) is 0.680. The minimum atomic E-state index is -1.09. The topological polar surface area (TPSA) is 90.7 Å². The molecule has 0 saturated carbocycles. The first-order chi connectivity index (χ1) is 7.16. The van der Waals surface area contributed by atoms with Gasteiger partial charge in [-0.05, 0) is 0 Å². The summed E-state index contributed by atoms with van der Waals surface area (Å²) in [5.74, 6) is -1.45. The molecule has 0 aliphatic carbocycles. The van der Waals surface area contributed by atoms with E-state index in [-0.39, 0.29) is 18.2 Å². The van der Waals surface area contributed by atoms with Gasteiger partial charge in [-0.15, -0.1) is 5.10 Å². The van der Waals surface area contributed by atoms with Crippen molar-refractivity contribution in [3.05, 3.63) is 11.8 Å². The molecule has 80 valence electrons. The summed E-state index contributed by atoms with van der Waals surface area (Å²) in [5.41, 5.74) is 0.279. The monoisotopic (exact) mass is 212 g/mol. The molecule has 0 radical (unpaired) electrons. The fourth-order valence-corrected chi connectivity index (χ4v) is 1.23. The molecule has 0 aromatic carbocycles. The third-order valence-corrected chi connectivity index (χ3v) is 1.85. The molecule has 1 aromatic rings. The standard InChI is InChI=1S/C8H8N2O5/c11-7(12)4-15-6-3-5-8(13)14-2-1-10(5)9-6/h3H,1-2,4H2,(H,11,12). The minimum Gasteiger partial charge on any atom is -0.479 e. The molecule has 0 amide bonds. The lowest BCUT2D eigenvalue weighted by Gasteiger charge is -2.12. The second kappa shape index (κ2) is 3.60. The summed E-state index contributed by atoms with van der Waals surface area (Å²) in [7, 11) is 0. The number of carbonyl (C=O) groups is 2. The molecule has 0 spiro atoms. The van der Waals surface area contributed by atoms with Gasteiger partial charge in [0, 0.05) is 6.07 Å². The maximum atomic E-state index is 11.2. The van der Waals surface area contributed by atoms with Crippen molar-refractivity contribution in [2.75, 3.05) is 13.2 Å². The summed E-state index contributed by atoms with van der Waals surface area (Å²) < 4.78 is 11.0. The molecule has 1 aromatic heterocycles. The highest BCUT2D eigenvalue weighted by Gasteiger charge is 2.21. The number of fused-ring (bicyclic) bond motifs is 1. The van der Waals surface area contributed by atoms with Gasteiger partial charge in [0.2, 0.25) is 5.88 Å². The summed E-state index contributed by atoms with van der Waals surface area (Å²) in [4.78, 5) is 21.4. The van der Waals surface area contributed by atoms with Crippen molar-refractivity contribution in [2.45, 2.75) is 6.54 Å². The van der Waals surface area contributed by atoms with Crippen molar-refractivity contribution in [3.8, 4) is 5.88 Å². The van der Waals surface area contributed by atoms with Gasteiger partial charge in [0.05, 0.1) is 6.54 Å². The third kappa shape index (κ3) is 1.90. The summed E-state index contributed by atoms with van der Waals surface area (Å²) in [6.07, 6.45) is 0. The average molecular weight is 212 g/mol. The number of aromatic nitrogens is 2. The van der Waals surface area contributed by atoms with Crippen LogP contribution in [0.3, 0.4) is 0 Å². The number of ether oxygens (including phenoxy) is 2. The van der Waals surface area contributed by atoms with Crippen LogP contribution < -0.4 is 4.74 Å². The molecule has 1 N–H and O–H groups in total. The second-order valence-corrected chi connectivity index (χ2v) is 2.91. The highest BCUT2D eigenvalue weighted by Crippen LogP contribution is 2.15. The molecule has 7 heteroatoms. The van der Waals surface area contributed by atoms with Gasteiger partial charge in [0.1, 0.15) is 6.61 Å². The first kappa shape index (κ1) is 9.50. The van der Waals surface area contributed by atoms with E-state index in [9.17, 15) is 9.59 Å². The van der Waals surface area contributed by atoms with Gasteiger partial charge in [-0.25, -0.2) is 9.59 Å². The number of cyclic esters (lactones) is 1. The van der Waals surface area contributed by atoms with Crippen LogP contribution in [0.4, 0.5) is 0 Å². The van der Waals surface area contributed by atoms with Crippen molar-refractivity contribution < 1.29 is 24.2 Å². The number of carboxylic acid groups (broad SMARTS) is 1. The van der Waals surface area contributed by atoms with Crippen LogP contribution in [0.2, 0.25) is 0 Å². The van der Waals surface area contributed by atoms with Crippen LogP contribution in [0, 0.1) is 0 Å². The number of hydrogen-bond donors (Lipinski definition) is 1. The lowest BCUT2D eigenvalue weighted by molar-refractivity contribution is -0.139. The molecular formula is C8H8N2O5. The Labute approximate surface area is 84.2 Å². The van der Waals surface area contributed by atoms with Gasteiger partial charge >= 0.3 is 11.9 Å².